The van der Waals surface area contributed by atoms with Gasteiger partial charge >= 0.3 is 21.4 Å². The number of fused-ring (bicyclic) bond motifs is 6. The molecule has 3 N–H and O–H groups in total. The van der Waals surface area contributed by atoms with Crippen molar-refractivity contribution < 1.29 is 56.7 Å². The van der Waals surface area contributed by atoms with Gasteiger partial charge in [0.1, 0.15) is 0 Å². The summed E-state index contributed by atoms with van der Waals surface area (Å²) in [7, 11) is -3.51. The lowest BCUT2D eigenvalue weighted by Gasteiger charge is -2.36. The third kappa shape index (κ3) is 12.0. The standard InChI is InChI=1S/C36H42B3N3O12S3/c43-31(19-25-4-1-13-55-25)40-28-10-7-22-16-35(47)53-38(50-22)30(42-33(45)21-27-6-3-15-57-27)12-9-24-18-36(48)54-39(51-24)29(41-32(44)20-26-5-2-14-56-26)11-8-23-17-34(46)52-37(28)49-23/h1-6,13-15,22-24,28-30H,7-12,16-21H2,(H,40,43)(H,41,44)(H,42,45). The van der Waals surface area contributed by atoms with Crippen LogP contribution >= 0.6 is 34.0 Å². The van der Waals surface area contributed by atoms with Crippen LogP contribution in [-0.4, -0.2) is 93.1 Å². The van der Waals surface area contributed by atoms with Gasteiger partial charge in [0.15, 0.2) is 0 Å². The number of rotatable bonds is 9. The molecule has 6 atom stereocenters. The zero-order chi connectivity index (χ0) is 39.7. The predicted octanol–water partition coefficient (Wildman–Crippen LogP) is 2.79. The van der Waals surface area contributed by atoms with E-state index < -0.39 is 75.4 Å². The monoisotopic (exact) mass is 837 g/mol. The lowest BCUT2D eigenvalue weighted by Crippen LogP contribution is -2.57. The van der Waals surface area contributed by atoms with Crippen LogP contribution in [0, 0.1) is 0 Å². The molecule has 7 rings (SSSR count). The maximum atomic E-state index is 13.3. The second-order valence-corrected chi connectivity index (χ2v) is 17.6. The van der Waals surface area contributed by atoms with Gasteiger partial charge in [-0.1, -0.05) is 18.2 Å². The molecule has 0 aromatic carbocycles. The Morgan fingerprint density at radius 3 is 1.07 bits per heavy atom. The van der Waals surface area contributed by atoms with Crippen molar-refractivity contribution in [1.29, 1.82) is 0 Å². The second kappa shape index (κ2) is 19.6. The highest BCUT2D eigenvalue weighted by Crippen LogP contribution is 2.28. The van der Waals surface area contributed by atoms with E-state index in [2.05, 4.69) is 16.0 Å². The molecule has 0 aliphatic carbocycles. The number of carbonyl (C=O) groups is 6. The van der Waals surface area contributed by atoms with Gasteiger partial charge in [0.05, 0.1) is 74.7 Å². The molecule has 0 saturated carbocycles. The van der Waals surface area contributed by atoms with Gasteiger partial charge in [-0.25, -0.2) is 0 Å². The van der Waals surface area contributed by atoms with Gasteiger partial charge in [0.25, 0.3) is 17.9 Å². The van der Waals surface area contributed by atoms with E-state index in [0.29, 0.717) is 0 Å². The van der Waals surface area contributed by atoms with Crippen LogP contribution in [0.2, 0.25) is 0 Å². The van der Waals surface area contributed by atoms with Gasteiger partial charge in [-0.3, -0.25) is 28.8 Å². The fraction of sp³-hybridized carbons (Fsp3) is 0.500. The summed E-state index contributed by atoms with van der Waals surface area (Å²) >= 11 is 4.32. The quantitative estimate of drug-likeness (QED) is 0.268. The minimum Gasteiger partial charge on any atom is -0.508 e. The van der Waals surface area contributed by atoms with Crippen molar-refractivity contribution in [2.24, 2.45) is 0 Å². The molecule has 0 radical (unpaired) electrons. The molecule has 15 nitrogen and oxygen atoms in total. The lowest BCUT2D eigenvalue weighted by atomic mass is 9.70. The molecule has 6 unspecified atom stereocenters. The summed E-state index contributed by atoms with van der Waals surface area (Å²) in [6, 6.07) is 11.1. The van der Waals surface area contributed by atoms with E-state index in [-0.39, 0.29) is 94.8 Å². The van der Waals surface area contributed by atoms with Crippen LogP contribution in [0.15, 0.2) is 52.5 Å². The summed E-state index contributed by atoms with van der Waals surface area (Å²) in [5.74, 6) is -4.93. The highest BCUT2D eigenvalue weighted by molar-refractivity contribution is 7.10. The smallest absolute Gasteiger partial charge is 0.508 e. The Kier molecular flexibility index (Phi) is 14.2. The fourth-order valence-electron chi connectivity index (χ4n) is 7.34. The van der Waals surface area contributed by atoms with E-state index in [0.717, 1.165) is 14.6 Å². The highest BCUT2D eigenvalue weighted by atomic mass is 32.1. The first-order chi connectivity index (χ1) is 27.6. The largest absolute Gasteiger partial charge is 0.551 e. The Labute approximate surface area is 342 Å². The molecule has 300 valence electrons. The first kappa shape index (κ1) is 41.2. The SMILES string of the molecule is O=C(Cc1cccs1)NC1CCC2CC(=O)OB(O2)C(NC(=O)Cc2cccs2)CCC2CC(=O)OB(O2)C(NC(=O)Cc2cccs2)CCC2CC(=O)OB1O2. The molecule has 21 heteroatoms. The number of carbonyl (C=O) groups excluding carboxylic acids is 6. The van der Waals surface area contributed by atoms with Gasteiger partial charge in [-0.05, 0) is 72.9 Å². The molecular formula is C36H42B3N3O12S3. The fourth-order valence-corrected chi connectivity index (χ4v) is 9.45. The molecule has 4 aliphatic heterocycles. The average molecular weight is 837 g/mol. The van der Waals surface area contributed by atoms with Gasteiger partial charge < -0.3 is 43.9 Å². The zero-order valence-corrected chi connectivity index (χ0v) is 33.5. The molecule has 4 saturated heterocycles. The van der Waals surface area contributed by atoms with Crippen LogP contribution in [0.5, 0.6) is 0 Å². The second-order valence-electron chi connectivity index (χ2n) is 14.5. The van der Waals surface area contributed by atoms with Crippen molar-refractivity contribution in [1.82, 2.24) is 16.0 Å². The maximum absolute atomic E-state index is 13.3. The van der Waals surface area contributed by atoms with Crippen LogP contribution in [0.1, 0.15) is 72.4 Å². The minimum atomic E-state index is -1.17. The highest BCUT2D eigenvalue weighted by Gasteiger charge is 2.47. The summed E-state index contributed by atoms with van der Waals surface area (Å²) in [6.45, 7) is 0. The molecule has 57 heavy (non-hydrogen) atoms. The molecule has 4 aliphatic rings. The summed E-state index contributed by atoms with van der Waals surface area (Å²) in [5.41, 5.74) is 0. The Hall–Kier alpha value is -4.01. The number of nitrogens with one attached hydrogen (secondary N) is 3. The molecule has 3 aromatic heterocycles. The van der Waals surface area contributed by atoms with Crippen LogP contribution < -0.4 is 16.0 Å². The van der Waals surface area contributed by atoms with Crippen molar-refractivity contribution in [3.05, 3.63) is 67.2 Å². The lowest BCUT2D eigenvalue weighted by molar-refractivity contribution is -0.143. The molecular weight excluding hydrogens is 795 g/mol. The van der Waals surface area contributed by atoms with Crippen molar-refractivity contribution >= 4 is 91.0 Å². The van der Waals surface area contributed by atoms with E-state index in [1.54, 1.807) is 0 Å². The summed E-state index contributed by atoms with van der Waals surface area (Å²) in [6.07, 6.45) is -0.482. The molecule has 6 bridgehead atoms. The van der Waals surface area contributed by atoms with E-state index in [9.17, 15) is 28.8 Å². The molecule has 0 spiro atoms. The molecule has 3 amide bonds. The normalized spacial score (nSPS) is 25.9. The zero-order valence-electron chi connectivity index (χ0n) is 31.0. The van der Waals surface area contributed by atoms with Gasteiger partial charge in [-0.15, -0.1) is 34.0 Å². The predicted molar refractivity (Wildman–Crippen MR) is 212 cm³/mol. The van der Waals surface area contributed by atoms with Crippen molar-refractivity contribution in [3.8, 4) is 0 Å². The third-order valence-corrected chi connectivity index (χ3v) is 12.7. The van der Waals surface area contributed by atoms with E-state index in [4.69, 9.17) is 27.9 Å². The average Bonchev–Trinajstić information content (AvgIpc) is 3.98. The Morgan fingerprint density at radius 1 is 0.509 bits per heavy atom. The maximum Gasteiger partial charge on any atom is 0.551 e. The van der Waals surface area contributed by atoms with Crippen LogP contribution in [-0.2, 0) is 76.0 Å². The van der Waals surface area contributed by atoms with Gasteiger partial charge in [0.2, 0.25) is 17.7 Å². The first-order valence-electron chi connectivity index (χ1n) is 19.1. The van der Waals surface area contributed by atoms with Crippen molar-refractivity contribution in [2.45, 2.75) is 113 Å². The summed E-state index contributed by atoms with van der Waals surface area (Å²) in [5, 5.41) is 14.6. The van der Waals surface area contributed by atoms with Gasteiger partial charge in [0, 0.05) is 14.6 Å². The van der Waals surface area contributed by atoms with Crippen LogP contribution in [0.25, 0.3) is 0 Å². The Bertz CT molecular complexity index is 1640. The minimum absolute atomic E-state index is 0.0744. The molecule has 3 aromatic rings. The molecule has 4 fully saturated rings. The number of hydrogen-bond acceptors (Lipinski definition) is 15. The van der Waals surface area contributed by atoms with Gasteiger partial charge in [-0.2, -0.15) is 0 Å². The van der Waals surface area contributed by atoms with E-state index >= 15 is 0 Å². The first-order valence-corrected chi connectivity index (χ1v) is 21.8. The summed E-state index contributed by atoms with van der Waals surface area (Å²) < 4.78 is 36.1. The Morgan fingerprint density at radius 2 is 0.807 bits per heavy atom. The third-order valence-electron chi connectivity index (χ3n) is 10.1. The van der Waals surface area contributed by atoms with E-state index in [1.165, 1.54) is 34.0 Å². The number of hydrogen-bond donors (Lipinski definition) is 3. The molecule has 7 heterocycles. The van der Waals surface area contributed by atoms with Crippen LogP contribution in [0.3, 0.4) is 0 Å². The van der Waals surface area contributed by atoms with Crippen molar-refractivity contribution in [2.75, 3.05) is 0 Å². The summed E-state index contributed by atoms with van der Waals surface area (Å²) in [4.78, 5) is 81.8. The number of thiophene rings is 3. The topological polar surface area (TPSA) is 194 Å². The van der Waals surface area contributed by atoms with Crippen molar-refractivity contribution in [3.63, 3.8) is 0 Å². The van der Waals surface area contributed by atoms with E-state index in [1.807, 2.05) is 52.5 Å². The Balaban J connectivity index is 1.15. The van der Waals surface area contributed by atoms with Crippen LogP contribution in [0.4, 0.5) is 0 Å². The number of amides is 3.